The molecule has 0 bridgehead atoms. The minimum atomic E-state index is 0.252. The van der Waals surface area contributed by atoms with Crippen molar-refractivity contribution in [2.45, 2.75) is 33.1 Å². The van der Waals surface area contributed by atoms with Gasteiger partial charge in [-0.15, -0.1) is 0 Å². The van der Waals surface area contributed by atoms with Gasteiger partial charge in [0.25, 0.3) is 5.91 Å². The van der Waals surface area contributed by atoms with Gasteiger partial charge in [0.1, 0.15) is 0 Å². The summed E-state index contributed by atoms with van der Waals surface area (Å²) in [5, 5.41) is 2.17. The van der Waals surface area contributed by atoms with E-state index >= 15 is 0 Å². The van der Waals surface area contributed by atoms with Crippen molar-refractivity contribution < 1.29 is 15.0 Å². The molecule has 0 radical (unpaired) electrons. The molecule has 0 saturated carbocycles. The number of quaternary nitrogens is 2. The predicted molar refractivity (Wildman–Crippen MR) is 90.3 cm³/mol. The van der Waals surface area contributed by atoms with Crippen LogP contribution in [-0.4, -0.2) is 45.2 Å². The van der Waals surface area contributed by atoms with E-state index in [1.165, 1.54) is 31.6 Å². The van der Waals surface area contributed by atoms with Gasteiger partial charge in [-0.25, -0.2) is 0 Å². The highest BCUT2D eigenvalue weighted by Gasteiger charge is 2.22. The molecule has 4 nitrogen and oxygen atoms in total. The van der Waals surface area contributed by atoms with E-state index in [0.29, 0.717) is 6.54 Å². The summed E-state index contributed by atoms with van der Waals surface area (Å²) < 4.78 is 0. The van der Waals surface area contributed by atoms with Crippen LogP contribution in [0, 0.1) is 0 Å². The first-order valence-corrected chi connectivity index (χ1v) is 8.79. The third-order valence-electron chi connectivity index (χ3n) is 4.67. The van der Waals surface area contributed by atoms with Crippen LogP contribution >= 0.6 is 0 Å². The van der Waals surface area contributed by atoms with Crippen molar-refractivity contribution >= 4 is 11.6 Å². The summed E-state index contributed by atoms with van der Waals surface area (Å²) in [6, 6.07) is 8.32. The van der Waals surface area contributed by atoms with E-state index in [1.807, 2.05) is 11.0 Å². The number of amides is 1. The van der Waals surface area contributed by atoms with Crippen molar-refractivity contribution in [3.8, 4) is 0 Å². The zero-order valence-electron chi connectivity index (χ0n) is 14.1. The van der Waals surface area contributed by atoms with Gasteiger partial charge in [-0.1, -0.05) is 18.2 Å². The van der Waals surface area contributed by atoms with Crippen molar-refractivity contribution in [2.75, 3.05) is 44.2 Å². The second-order valence-corrected chi connectivity index (χ2v) is 6.12. The maximum atomic E-state index is 12.5. The monoisotopic (exact) mass is 305 g/mol. The van der Waals surface area contributed by atoms with Crippen LogP contribution < -0.4 is 15.1 Å². The molecule has 1 aliphatic heterocycles. The molecule has 22 heavy (non-hydrogen) atoms. The Morgan fingerprint density at radius 2 is 2.05 bits per heavy atom. The van der Waals surface area contributed by atoms with Gasteiger partial charge in [0.2, 0.25) is 0 Å². The average Bonchev–Trinajstić information content (AvgIpc) is 2.57. The Kier molecular flexibility index (Phi) is 6.87. The molecule has 0 fully saturated rings. The quantitative estimate of drug-likeness (QED) is 0.644. The lowest BCUT2D eigenvalue weighted by molar-refractivity contribution is -0.898. The molecule has 1 heterocycles. The highest BCUT2D eigenvalue weighted by Crippen LogP contribution is 2.26. The molecule has 1 aliphatic rings. The van der Waals surface area contributed by atoms with Gasteiger partial charge in [-0.3, -0.25) is 4.79 Å². The van der Waals surface area contributed by atoms with E-state index in [4.69, 9.17) is 0 Å². The molecular weight excluding hydrogens is 274 g/mol. The maximum Gasteiger partial charge on any atom is 0.282 e. The van der Waals surface area contributed by atoms with Crippen LogP contribution in [0.15, 0.2) is 24.3 Å². The topological polar surface area (TPSA) is 41.4 Å². The average molecular weight is 305 g/mol. The van der Waals surface area contributed by atoms with Crippen LogP contribution in [0.1, 0.15) is 32.3 Å². The third kappa shape index (κ3) is 4.55. The predicted octanol–water partition coefficient (Wildman–Crippen LogP) is -0.156. The number of para-hydroxylation sites is 1. The van der Waals surface area contributed by atoms with Crippen molar-refractivity contribution in [2.24, 2.45) is 0 Å². The minimum absolute atomic E-state index is 0.252. The van der Waals surface area contributed by atoms with Crippen LogP contribution in [0.2, 0.25) is 0 Å². The Balaban J connectivity index is 1.74. The van der Waals surface area contributed by atoms with Crippen molar-refractivity contribution in [1.82, 2.24) is 0 Å². The highest BCUT2D eigenvalue weighted by atomic mass is 16.2. The van der Waals surface area contributed by atoms with Crippen molar-refractivity contribution in [3.05, 3.63) is 29.8 Å². The lowest BCUT2D eigenvalue weighted by atomic mass is 10.0. The number of nitrogens with one attached hydrogen (secondary N) is 1. The summed E-state index contributed by atoms with van der Waals surface area (Å²) in [5.41, 5.74) is 2.44. The van der Waals surface area contributed by atoms with Crippen molar-refractivity contribution in [3.63, 3.8) is 0 Å². The molecule has 0 unspecified atom stereocenters. The minimum Gasteiger partial charge on any atom is -0.338 e. The fourth-order valence-electron chi connectivity index (χ4n) is 3.23. The van der Waals surface area contributed by atoms with Crippen LogP contribution in [0.4, 0.5) is 5.69 Å². The van der Waals surface area contributed by atoms with E-state index < -0.39 is 0 Å². The van der Waals surface area contributed by atoms with Crippen LogP contribution in [0.25, 0.3) is 0 Å². The summed E-state index contributed by atoms with van der Waals surface area (Å²) in [4.78, 5) is 16.1. The zero-order chi connectivity index (χ0) is 15.8. The molecule has 1 aromatic carbocycles. The van der Waals surface area contributed by atoms with Gasteiger partial charge in [0, 0.05) is 18.7 Å². The molecule has 1 aromatic rings. The number of anilines is 1. The molecule has 3 N–H and O–H groups in total. The van der Waals surface area contributed by atoms with Gasteiger partial charge in [-0.2, -0.15) is 0 Å². The Labute approximate surface area is 134 Å². The van der Waals surface area contributed by atoms with E-state index in [9.17, 15) is 4.79 Å². The van der Waals surface area contributed by atoms with E-state index in [2.05, 4.69) is 37.4 Å². The first-order chi connectivity index (χ1) is 10.8. The van der Waals surface area contributed by atoms with E-state index in [-0.39, 0.29) is 5.91 Å². The number of aryl methyl sites for hydroxylation is 1. The SMILES string of the molecule is CC[NH+](CC)CCC[NH2+]CC(=O)N1CCCc2ccccc21. The molecule has 4 heteroatoms. The Morgan fingerprint density at radius 1 is 1.27 bits per heavy atom. The molecule has 0 spiro atoms. The Morgan fingerprint density at radius 3 is 2.82 bits per heavy atom. The smallest absolute Gasteiger partial charge is 0.282 e. The largest absolute Gasteiger partial charge is 0.338 e. The fourth-order valence-corrected chi connectivity index (χ4v) is 3.23. The number of rotatable bonds is 8. The summed E-state index contributed by atoms with van der Waals surface area (Å²) in [7, 11) is 0. The standard InChI is InChI=1S/C18H29N3O/c1-3-20(4-2)13-8-12-19-15-18(22)21-14-7-10-16-9-5-6-11-17(16)21/h5-6,9,11,19H,3-4,7-8,10,12-15H2,1-2H3/p+2. The van der Waals surface area contributed by atoms with Gasteiger partial charge < -0.3 is 15.1 Å². The lowest BCUT2D eigenvalue weighted by Crippen LogP contribution is -3.11. The molecule has 0 aromatic heterocycles. The maximum absolute atomic E-state index is 12.5. The molecule has 122 valence electrons. The fraction of sp³-hybridized carbons (Fsp3) is 0.611. The zero-order valence-corrected chi connectivity index (χ0v) is 14.1. The number of hydrogen-bond acceptors (Lipinski definition) is 1. The van der Waals surface area contributed by atoms with Gasteiger partial charge in [0.15, 0.2) is 6.54 Å². The molecule has 2 rings (SSSR count). The first kappa shape index (κ1) is 17.0. The van der Waals surface area contributed by atoms with Gasteiger partial charge in [0.05, 0.1) is 26.2 Å². The highest BCUT2D eigenvalue weighted by molar-refractivity contribution is 5.95. The summed E-state index contributed by atoms with van der Waals surface area (Å²) in [6.07, 6.45) is 3.35. The van der Waals surface area contributed by atoms with Gasteiger partial charge >= 0.3 is 0 Å². The van der Waals surface area contributed by atoms with Crippen LogP contribution in [0.5, 0.6) is 0 Å². The number of carbonyl (C=O) groups is 1. The number of carbonyl (C=O) groups excluding carboxylic acids is 1. The number of hydrogen-bond donors (Lipinski definition) is 2. The van der Waals surface area contributed by atoms with Gasteiger partial charge in [-0.05, 0) is 38.3 Å². The van der Waals surface area contributed by atoms with Crippen LogP contribution in [0.3, 0.4) is 0 Å². The van der Waals surface area contributed by atoms with E-state index in [1.54, 1.807) is 4.90 Å². The summed E-state index contributed by atoms with van der Waals surface area (Å²) >= 11 is 0. The molecule has 0 atom stereocenters. The molecule has 0 aliphatic carbocycles. The Hall–Kier alpha value is -1.39. The summed E-state index contributed by atoms with van der Waals surface area (Å²) in [5.74, 6) is 0.252. The molecule has 1 amide bonds. The second kappa shape index (κ2) is 8.91. The lowest BCUT2D eigenvalue weighted by Gasteiger charge is -2.28. The first-order valence-electron chi connectivity index (χ1n) is 8.79. The Bertz CT molecular complexity index is 471. The number of fused-ring (bicyclic) bond motifs is 1. The second-order valence-electron chi connectivity index (χ2n) is 6.12. The number of nitrogens with zero attached hydrogens (tertiary/aromatic N) is 1. The molecular formula is C18H31N3O+2. The molecule has 0 saturated heterocycles. The third-order valence-corrected chi connectivity index (χ3v) is 4.67. The number of nitrogens with two attached hydrogens (primary N) is 1. The van der Waals surface area contributed by atoms with Crippen LogP contribution in [-0.2, 0) is 11.2 Å². The normalized spacial score (nSPS) is 14.2. The summed E-state index contributed by atoms with van der Waals surface area (Å²) in [6.45, 7) is 10.6. The van der Waals surface area contributed by atoms with Crippen molar-refractivity contribution in [1.29, 1.82) is 0 Å². The van der Waals surface area contributed by atoms with E-state index in [0.717, 1.165) is 31.6 Å². The number of benzene rings is 1.